The SMILES string of the molecule is Cc1cnn(C[C@H](C)NCC(=O)N2CCO[C@H]3CCCC[C@@H]32)c1. The number of ether oxygens (including phenoxy) is 1. The normalized spacial score (nSPS) is 25.9. The number of aryl methyl sites for hydroxylation is 1. The Morgan fingerprint density at radius 3 is 3.09 bits per heavy atom. The Morgan fingerprint density at radius 2 is 2.30 bits per heavy atom. The molecule has 3 rings (SSSR count). The van der Waals surface area contributed by atoms with Crippen LogP contribution in [0.4, 0.5) is 0 Å². The zero-order valence-corrected chi connectivity index (χ0v) is 14.2. The summed E-state index contributed by atoms with van der Waals surface area (Å²) in [6.07, 6.45) is 8.74. The molecule has 1 aliphatic heterocycles. The van der Waals surface area contributed by atoms with Crippen molar-refractivity contribution in [3.8, 4) is 0 Å². The van der Waals surface area contributed by atoms with Crippen molar-refractivity contribution in [3.05, 3.63) is 18.0 Å². The standard InChI is InChI=1S/C17H28N4O2/c1-13-9-19-20(11-13)12-14(2)18-10-17(22)21-7-8-23-16-6-4-3-5-15(16)21/h9,11,14-16,18H,3-8,10,12H2,1-2H3/t14-,15-,16-/m0/s1. The van der Waals surface area contributed by atoms with Gasteiger partial charge in [-0.25, -0.2) is 0 Å². The van der Waals surface area contributed by atoms with Crippen molar-refractivity contribution >= 4 is 5.91 Å². The van der Waals surface area contributed by atoms with Crippen LogP contribution in [0, 0.1) is 6.92 Å². The Hall–Kier alpha value is -1.40. The van der Waals surface area contributed by atoms with Crippen LogP contribution < -0.4 is 5.32 Å². The molecule has 23 heavy (non-hydrogen) atoms. The summed E-state index contributed by atoms with van der Waals surface area (Å²) in [6.45, 7) is 6.70. The maximum absolute atomic E-state index is 12.6. The monoisotopic (exact) mass is 320 g/mol. The highest BCUT2D eigenvalue weighted by Crippen LogP contribution is 2.28. The zero-order valence-electron chi connectivity index (χ0n) is 14.2. The minimum Gasteiger partial charge on any atom is -0.374 e. The fourth-order valence-corrected chi connectivity index (χ4v) is 3.68. The molecule has 6 heteroatoms. The van der Waals surface area contributed by atoms with Crippen LogP contribution in [0.2, 0.25) is 0 Å². The molecular weight excluding hydrogens is 292 g/mol. The molecule has 1 saturated carbocycles. The van der Waals surface area contributed by atoms with E-state index in [1.54, 1.807) is 0 Å². The Kier molecular flexibility index (Phi) is 5.33. The van der Waals surface area contributed by atoms with Gasteiger partial charge in [0, 0.05) is 18.8 Å². The Labute approximate surface area is 138 Å². The quantitative estimate of drug-likeness (QED) is 0.889. The second-order valence-corrected chi connectivity index (χ2v) is 6.87. The van der Waals surface area contributed by atoms with Crippen molar-refractivity contribution in [1.82, 2.24) is 20.0 Å². The van der Waals surface area contributed by atoms with Crippen LogP contribution in [-0.4, -0.2) is 58.5 Å². The molecule has 1 aromatic heterocycles. The molecule has 3 atom stereocenters. The summed E-state index contributed by atoms with van der Waals surface area (Å²) in [5.41, 5.74) is 1.16. The lowest BCUT2D eigenvalue weighted by molar-refractivity contribution is -0.148. The molecule has 0 radical (unpaired) electrons. The van der Waals surface area contributed by atoms with Gasteiger partial charge in [-0.3, -0.25) is 9.48 Å². The number of rotatable bonds is 5. The Bertz CT molecular complexity index is 528. The van der Waals surface area contributed by atoms with Crippen LogP contribution >= 0.6 is 0 Å². The molecule has 2 fully saturated rings. The summed E-state index contributed by atoms with van der Waals surface area (Å²) >= 11 is 0. The van der Waals surface area contributed by atoms with E-state index in [0.717, 1.165) is 31.5 Å². The fourth-order valence-electron chi connectivity index (χ4n) is 3.68. The number of hydrogen-bond acceptors (Lipinski definition) is 4. The average molecular weight is 320 g/mol. The molecule has 1 saturated heterocycles. The smallest absolute Gasteiger partial charge is 0.236 e. The molecule has 1 aromatic rings. The first-order chi connectivity index (χ1) is 11.1. The van der Waals surface area contributed by atoms with Crippen LogP contribution in [0.15, 0.2) is 12.4 Å². The zero-order chi connectivity index (χ0) is 16.2. The first-order valence-corrected chi connectivity index (χ1v) is 8.77. The molecule has 1 amide bonds. The van der Waals surface area contributed by atoms with Gasteiger partial charge in [0.05, 0.1) is 38.0 Å². The minimum absolute atomic E-state index is 0.202. The second-order valence-electron chi connectivity index (χ2n) is 6.87. The molecular formula is C17H28N4O2. The van der Waals surface area contributed by atoms with Crippen molar-refractivity contribution < 1.29 is 9.53 Å². The number of fused-ring (bicyclic) bond motifs is 1. The fraction of sp³-hybridized carbons (Fsp3) is 0.765. The van der Waals surface area contributed by atoms with Gasteiger partial charge in [-0.2, -0.15) is 5.10 Å². The largest absolute Gasteiger partial charge is 0.374 e. The second kappa shape index (κ2) is 7.45. The lowest BCUT2D eigenvalue weighted by Crippen LogP contribution is -2.57. The number of nitrogens with zero attached hydrogens (tertiary/aromatic N) is 3. The topological polar surface area (TPSA) is 59.4 Å². The third-order valence-corrected chi connectivity index (χ3v) is 4.88. The molecule has 0 bridgehead atoms. The predicted octanol–water partition coefficient (Wildman–Crippen LogP) is 1.34. The molecule has 2 heterocycles. The summed E-state index contributed by atoms with van der Waals surface area (Å²) in [4.78, 5) is 14.6. The van der Waals surface area contributed by atoms with Crippen molar-refractivity contribution in [2.75, 3.05) is 19.7 Å². The van der Waals surface area contributed by atoms with Crippen LogP contribution in [0.5, 0.6) is 0 Å². The minimum atomic E-state index is 0.202. The molecule has 0 unspecified atom stereocenters. The van der Waals surface area contributed by atoms with Gasteiger partial charge in [0.15, 0.2) is 0 Å². The third-order valence-electron chi connectivity index (χ3n) is 4.88. The van der Waals surface area contributed by atoms with E-state index in [9.17, 15) is 4.79 Å². The Morgan fingerprint density at radius 1 is 1.48 bits per heavy atom. The number of hydrogen-bond donors (Lipinski definition) is 1. The van der Waals surface area contributed by atoms with E-state index >= 15 is 0 Å². The number of carbonyl (C=O) groups excluding carboxylic acids is 1. The molecule has 128 valence electrons. The predicted molar refractivity (Wildman–Crippen MR) is 88.1 cm³/mol. The van der Waals surface area contributed by atoms with Gasteiger partial charge < -0.3 is 15.0 Å². The lowest BCUT2D eigenvalue weighted by Gasteiger charge is -2.44. The van der Waals surface area contributed by atoms with Gasteiger partial charge in [0.25, 0.3) is 0 Å². The molecule has 0 spiro atoms. The average Bonchev–Trinajstić information content (AvgIpc) is 2.97. The number of aromatic nitrogens is 2. The van der Waals surface area contributed by atoms with Crippen molar-refractivity contribution in [1.29, 1.82) is 0 Å². The maximum atomic E-state index is 12.6. The van der Waals surface area contributed by atoms with E-state index in [1.807, 2.05) is 28.9 Å². The van der Waals surface area contributed by atoms with Crippen LogP contribution in [0.1, 0.15) is 38.2 Å². The van der Waals surface area contributed by atoms with Crippen LogP contribution in [0.3, 0.4) is 0 Å². The first kappa shape index (κ1) is 16.5. The van der Waals surface area contributed by atoms with Gasteiger partial charge in [-0.05, 0) is 32.3 Å². The number of nitrogens with one attached hydrogen (secondary N) is 1. The maximum Gasteiger partial charge on any atom is 0.236 e. The molecule has 0 aromatic carbocycles. The van der Waals surface area contributed by atoms with E-state index in [2.05, 4.69) is 17.3 Å². The third kappa shape index (κ3) is 4.12. The van der Waals surface area contributed by atoms with Crippen molar-refractivity contribution in [2.45, 2.75) is 64.3 Å². The highest BCUT2D eigenvalue weighted by atomic mass is 16.5. The summed E-state index contributed by atoms with van der Waals surface area (Å²) < 4.78 is 7.76. The molecule has 2 aliphatic rings. The number of carbonyl (C=O) groups is 1. The molecule has 1 N–H and O–H groups in total. The summed E-state index contributed by atoms with van der Waals surface area (Å²) in [6, 6.07) is 0.498. The number of amides is 1. The van der Waals surface area contributed by atoms with Crippen molar-refractivity contribution in [3.63, 3.8) is 0 Å². The van der Waals surface area contributed by atoms with Crippen LogP contribution in [-0.2, 0) is 16.1 Å². The van der Waals surface area contributed by atoms with Gasteiger partial charge in [-0.1, -0.05) is 12.8 Å². The Balaban J connectivity index is 1.48. The van der Waals surface area contributed by atoms with E-state index in [4.69, 9.17) is 4.74 Å². The highest BCUT2D eigenvalue weighted by Gasteiger charge is 2.36. The van der Waals surface area contributed by atoms with Crippen LogP contribution in [0.25, 0.3) is 0 Å². The van der Waals surface area contributed by atoms with Gasteiger partial charge in [0.1, 0.15) is 0 Å². The van der Waals surface area contributed by atoms with E-state index < -0.39 is 0 Å². The van der Waals surface area contributed by atoms with Gasteiger partial charge in [0.2, 0.25) is 5.91 Å². The molecule has 1 aliphatic carbocycles. The molecule has 6 nitrogen and oxygen atoms in total. The summed E-state index contributed by atoms with van der Waals surface area (Å²) in [7, 11) is 0. The lowest BCUT2D eigenvalue weighted by atomic mass is 9.90. The summed E-state index contributed by atoms with van der Waals surface area (Å²) in [5.74, 6) is 0.202. The van der Waals surface area contributed by atoms with Crippen molar-refractivity contribution in [2.24, 2.45) is 0 Å². The van der Waals surface area contributed by atoms with Gasteiger partial charge in [-0.15, -0.1) is 0 Å². The van der Waals surface area contributed by atoms with E-state index in [0.29, 0.717) is 13.2 Å². The summed E-state index contributed by atoms with van der Waals surface area (Å²) in [5, 5.41) is 7.63. The highest BCUT2D eigenvalue weighted by molar-refractivity contribution is 5.78. The number of morpholine rings is 1. The van der Waals surface area contributed by atoms with E-state index in [-0.39, 0.29) is 24.1 Å². The first-order valence-electron chi connectivity index (χ1n) is 8.77. The van der Waals surface area contributed by atoms with Gasteiger partial charge >= 0.3 is 0 Å². The van der Waals surface area contributed by atoms with E-state index in [1.165, 1.54) is 12.8 Å².